The summed E-state index contributed by atoms with van der Waals surface area (Å²) in [6.45, 7) is 13.5. The average molecular weight is 855 g/mol. The van der Waals surface area contributed by atoms with Crippen molar-refractivity contribution in [2.24, 2.45) is 29.0 Å². The van der Waals surface area contributed by atoms with E-state index in [1.165, 1.54) is 35.9 Å². The number of nitrogens with two attached hydrogens (primary N) is 3. The molecule has 0 aliphatic heterocycles. The fourth-order valence-corrected chi connectivity index (χ4v) is 6.82. The van der Waals surface area contributed by atoms with Crippen molar-refractivity contribution in [3.05, 3.63) is 0 Å². The first-order valence-electron chi connectivity index (χ1n) is 18.8. The largest absolute Gasteiger partial charge is 0.356 e. The van der Waals surface area contributed by atoms with Gasteiger partial charge in [0.2, 0.25) is 12.8 Å². The molecule has 8 nitrogen and oxygen atoms in total. The zero-order valence-corrected chi connectivity index (χ0v) is 40.5. The predicted molar refractivity (Wildman–Crippen MR) is 255 cm³/mol. The van der Waals surface area contributed by atoms with Crippen molar-refractivity contribution in [2.75, 3.05) is 78.6 Å². The molecule has 0 aromatic heterocycles. The molecular formula is C38H87N5O3S6. The summed E-state index contributed by atoms with van der Waals surface area (Å²) in [5, 5.41) is 5.46. The van der Waals surface area contributed by atoms with E-state index in [-0.39, 0.29) is 0 Å². The smallest absolute Gasteiger partial charge is 0.207 e. The second-order valence-corrected chi connectivity index (χ2v) is 18.5. The Morgan fingerprint density at radius 1 is 0.538 bits per heavy atom. The van der Waals surface area contributed by atoms with Crippen LogP contribution in [0.25, 0.3) is 0 Å². The van der Waals surface area contributed by atoms with Gasteiger partial charge in [0.1, 0.15) is 6.29 Å². The van der Waals surface area contributed by atoms with Crippen molar-refractivity contribution in [1.82, 2.24) is 10.6 Å². The van der Waals surface area contributed by atoms with Crippen LogP contribution in [0.1, 0.15) is 106 Å². The summed E-state index contributed by atoms with van der Waals surface area (Å²) in [5.41, 5.74) is 16.5. The van der Waals surface area contributed by atoms with Crippen molar-refractivity contribution >= 4 is 89.7 Å². The molecule has 6 unspecified atom stereocenters. The van der Waals surface area contributed by atoms with Crippen molar-refractivity contribution in [2.45, 2.75) is 130 Å². The molecule has 0 heterocycles. The summed E-state index contributed by atoms with van der Waals surface area (Å²) in [6.07, 6.45) is 26.0. The molecule has 318 valence electrons. The van der Waals surface area contributed by atoms with Crippen LogP contribution in [0.15, 0.2) is 0 Å². The minimum Gasteiger partial charge on any atom is -0.356 e. The molecule has 0 radical (unpaired) electrons. The Morgan fingerprint density at radius 3 is 1.33 bits per heavy atom. The van der Waals surface area contributed by atoms with Crippen LogP contribution in [0.4, 0.5) is 0 Å². The van der Waals surface area contributed by atoms with Gasteiger partial charge >= 0.3 is 0 Å². The van der Waals surface area contributed by atoms with Gasteiger partial charge in [-0.3, -0.25) is 9.59 Å². The number of hydrogen-bond donors (Lipinski definition) is 5. The Labute approximate surface area is 350 Å². The van der Waals surface area contributed by atoms with E-state index in [1.54, 1.807) is 11.8 Å². The molecule has 0 aromatic rings. The summed E-state index contributed by atoms with van der Waals surface area (Å²) in [6, 6.07) is 1.52. The molecule has 0 fully saturated rings. The van der Waals surface area contributed by atoms with E-state index in [9.17, 15) is 14.4 Å². The lowest BCUT2D eigenvalue weighted by Crippen LogP contribution is -2.27. The molecule has 0 saturated carbocycles. The maximum Gasteiger partial charge on any atom is 0.207 e. The molecule has 6 atom stereocenters. The molecule has 0 aliphatic carbocycles. The summed E-state index contributed by atoms with van der Waals surface area (Å²) in [5.74, 6) is 8.53. The Kier molecular flexibility index (Phi) is 75.4. The Balaban J connectivity index is -0.000000123. The summed E-state index contributed by atoms with van der Waals surface area (Å²) in [4.78, 5) is 29.9. The summed E-state index contributed by atoms with van der Waals surface area (Å²) >= 11 is 11.1. The number of rotatable bonds is 28. The number of nitrogens with one attached hydrogen (secondary N) is 2. The van der Waals surface area contributed by atoms with Gasteiger partial charge in [0, 0.05) is 30.6 Å². The van der Waals surface area contributed by atoms with Gasteiger partial charge in [-0.2, -0.15) is 70.6 Å². The highest BCUT2D eigenvalue weighted by atomic mass is 32.2. The van der Waals surface area contributed by atoms with Crippen LogP contribution < -0.4 is 27.8 Å². The molecular weight excluding hydrogens is 767 g/mol. The van der Waals surface area contributed by atoms with Gasteiger partial charge in [0.05, 0.1) is 0 Å². The predicted octanol–water partition coefficient (Wildman–Crippen LogP) is 8.39. The number of aldehydes is 1. The Bertz CT molecular complexity index is 636. The highest BCUT2D eigenvalue weighted by Gasteiger charge is 2.02. The second-order valence-electron chi connectivity index (χ2n) is 12.6. The van der Waals surface area contributed by atoms with E-state index < -0.39 is 0 Å². The maximum absolute atomic E-state index is 10.0. The first kappa shape index (κ1) is 64.5. The number of amides is 2. The van der Waals surface area contributed by atoms with Gasteiger partial charge < -0.3 is 32.6 Å². The zero-order chi connectivity index (χ0) is 41.3. The minimum atomic E-state index is 0.329. The monoisotopic (exact) mass is 854 g/mol. The van der Waals surface area contributed by atoms with Crippen molar-refractivity contribution in [1.29, 1.82) is 0 Å². The molecule has 0 saturated heterocycles. The van der Waals surface area contributed by atoms with E-state index in [2.05, 4.69) is 75.9 Å². The third-order valence-electron chi connectivity index (χ3n) is 7.38. The van der Waals surface area contributed by atoms with Crippen LogP contribution in [-0.4, -0.2) is 122 Å². The van der Waals surface area contributed by atoms with Crippen LogP contribution in [0.5, 0.6) is 0 Å². The van der Waals surface area contributed by atoms with Gasteiger partial charge in [0.15, 0.2) is 0 Å². The van der Waals surface area contributed by atoms with Gasteiger partial charge in [0.25, 0.3) is 0 Å². The van der Waals surface area contributed by atoms with E-state index >= 15 is 0 Å². The molecule has 2 amide bonds. The molecule has 8 N–H and O–H groups in total. The normalized spacial score (nSPS) is 13.3. The van der Waals surface area contributed by atoms with Crippen LogP contribution >= 0.6 is 70.6 Å². The summed E-state index contributed by atoms with van der Waals surface area (Å²) < 4.78 is 0. The van der Waals surface area contributed by atoms with Gasteiger partial charge in [-0.15, -0.1) is 0 Å². The highest BCUT2D eigenvalue weighted by Crippen LogP contribution is 2.11. The number of carbonyl (C=O) groups is 3. The van der Waals surface area contributed by atoms with Crippen LogP contribution in [0.3, 0.4) is 0 Å². The van der Waals surface area contributed by atoms with Crippen molar-refractivity contribution < 1.29 is 14.4 Å². The molecule has 0 bridgehead atoms. The summed E-state index contributed by atoms with van der Waals surface area (Å²) in [7, 11) is 0. The fraction of sp³-hybridized carbons (Fsp3) is 0.921. The van der Waals surface area contributed by atoms with E-state index in [0.717, 1.165) is 94.4 Å². The molecule has 14 heteroatoms. The van der Waals surface area contributed by atoms with Crippen LogP contribution in [0, 0.1) is 11.8 Å². The topological polar surface area (TPSA) is 153 Å². The van der Waals surface area contributed by atoms with Gasteiger partial charge in [-0.25, -0.2) is 0 Å². The van der Waals surface area contributed by atoms with E-state index in [1.807, 2.05) is 72.7 Å². The Hall–Kier alpha value is 0.590. The third kappa shape index (κ3) is 75.5. The highest BCUT2D eigenvalue weighted by molar-refractivity contribution is 7.99. The van der Waals surface area contributed by atoms with Gasteiger partial charge in [-0.1, -0.05) is 27.7 Å². The number of carbonyl (C=O) groups excluding carboxylic acids is 3. The molecule has 0 aliphatic rings. The van der Waals surface area contributed by atoms with E-state index in [4.69, 9.17) is 17.2 Å². The lowest BCUT2D eigenvalue weighted by atomic mass is 10.0. The van der Waals surface area contributed by atoms with E-state index in [0.29, 0.717) is 30.1 Å². The van der Waals surface area contributed by atoms with Crippen molar-refractivity contribution in [3.63, 3.8) is 0 Å². The lowest BCUT2D eigenvalue weighted by molar-refractivity contribution is -0.110. The fourth-order valence-electron chi connectivity index (χ4n) is 3.29. The van der Waals surface area contributed by atoms with Crippen LogP contribution in [-0.2, 0) is 14.4 Å². The van der Waals surface area contributed by atoms with Crippen LogP contribution in [0.2, 0.25) is 0 Å². The molecule has 52 heavy (non-hydrogen) atoms. The zero-order valence-electron chi connectivity index (χ0n) is 35.6. The first-order valence-corrected chi connectivity index (χ1v) is 27.2. The lowest BCUT2D eigenvalue weighted by Gasteiger charge is -2.11. The quantitative estimate of drug-likeness (QED) is 0.0481. The van der Waals surface area contributed by atoms with Gasteiger partial charge in [-0.05, 0) is 162 Å². The second kappa shape index (κ2) is 60.8. The number of thioether (sulfide) groups is 6. The molecule has 0 spiro atoms. The average Bonchev–Trinajstić information content (AvgIpc) is 3.15. The SMILES string of the molecule is CCC(CCSC)NC=O.CCC(N)CCSC.CSCCC(C)CCC=O.CSCCC(C)CN.CSCCC(C)N.CSCCC(C)NC=O. The molecule has 0 rings (SSSR count). The van der Waals surface area contributed by atoms with Crippen molar-refractivity contribution in [3.8, 4) is 0 Å². The maximum atomic E-state index is 10.0. The minimum absolute atomic E-state index is 0.329. The standard InChI is InChI=1S/C8H16OS.C7H15NOS.C6H13NOS.2C6H15NS.C5H13NS/c1-8(4-3-6-9)5-7-10-2;1-3-7(8-6-9)4-5-10-2;1-6(7-5-8)3-4-9-2;1-6(5-7)3-4-8-2;1-3-6(7)4-5-8-2;1-5(6)3-4-7-2/h6,8H,3-5,7H2,1-2H3;6-7H,3-5H2,1-2H3,(H,8,9);5-6H,3-4H2,1-2H3,(H,7,8);2*6H,3-5,7H2,1-2H3;5H,3-4,6H2,1-2H3. The molecule has 0 aromatic carbocycles. The third-order valence-corrected chi connectivity index (χ3v) is 11.2. The number of hydrogen-bond acceptors (Lipinski definition) is 12. The first-order chi connectivity index (χ1) is 24.8. The Morgan fingerprint density at radius 2 is 0.962 bits per heavy atom.